The van der Waals surface area contributed by atoms with Gasteiger partial charge in [-0.25, -0.2) is 12.8 Å². The fourth-order valence-electron chi connectivity index (χ4n) is 3.65. The van der Waals surface area contributed by atoms with Gasteiger partial charge in [0.05, 0.1) is 17.1 Å². The second kappa shape index (κ2) is 9.72. The third-order valence-corrected chi connectivity index (χ3v) is 7.16. The molecule has 3 aromatic rings. The van der Waals surface area contributed by atoms with Crippen LogP contribution in [0.15, 0.2) is 77.7 Å². The van der Waals surface area contributed by atoms with Crippen LogP contribution in [0.4, 0.5) is 15.8 Å². The number of sulfonamides is 1. The first kappa shape index (κ1) is 23.6. The molecule has 34 heavy (non-hydrogen) atoms. The second-order valence-corrected chi connectivity index (χ2v) is 9.75. The minimum atomic E-state index is -3.85. The summed E-state index contributed by atoms with van der Waals surface area (Å²) < 4.78 is 53.2. The number of anilines is 2. The van der Waals surface area contributed by atoms with E-state index in [0.717, 1.165) is 0 Å². The number of nitrogens with one attached hydrogen (secondary N) is 1. The first-order valence-electron chi connectivity index (χ1n) is 10.9. The molecule has 0 aliphatic carbocycles. The van der Waals surface area contributed by atoms with E-state index in [-0.39, 0.29) is 23.3 Å². The average molecular weight is 485 g/mol. The summed E-state index contributed by atoms with van der Waals surface area (Å²) in [5, 5.41) is 2.70. The predicted molar refractivity (Wildman–Crippen MR) is 127 cm³/mol. The van der Waals surface area contributed by atoms with E-state index in [1.54, 1.807) is 37.3 Å². The molecule has 0 spiro atoms. The summed E-state index contributed by atoms with van der Waals surface area (Å²) in [5.74, 6) is -0.514. The minimum absolute atomic E-state index is 0.00837. The van der Waals surface area contributed by atoms with Crippen molar-refractivity contribution in [3.8, 4) is 11.5 Å². The fraction of sp³-hybridized carbons (Fsp3) is 0.240. The van der Waals surface area contributed by atoms with Crippen LogP contribution in [0.5, 0.6) is 11.5 Å². The van der Waals surface area contributed by atoms with E-state index in [9.17, 15) is 17.6 Å². The first-order valence-corrected chi connectivity index (χ1v) is 12.3. The molecule has 178 valence electrons. The Kier molecular flexibility index (Phi) is 6.74. The molecule has 1 amide bonds. The molecule has 7 nitrogen and oxygen atoms in total. The van der Waals surface area contributed by atoms with Gasteiger partial charge in [-0.05, 0) is 61.9 Å². The summed E-state index contributed by atoms with van der Waals surface area (Å²) in [5.41, 5.74) is 0.879. The normalized spacial score (nSPS) is 16.2. The molecule has 1 N–H and O–H groups in total. The Labute approximate surface area is 198 Å². The quantitative estimate of drug-likeness (QED) is 0.530. The van der Waals surface area contributed by atoms with Crippen molar-refractivity contribution in [1.29, 1.82) is 0 Å². The largest absolute Gasteiger partial charge is 0.487 e. The maximum Gasteiger partial charge on any atom is 0.265 e. The van der Waals surface area contributed by atoms with Gasteiger partial charge in [-0.15, -0.1) is 0 Å². The number of carbonyl (C=O) groups excluding carboxylic acids is 1. The van der Waals surface area contributed by atoms with Gasteiger partial charge in [-0.3, -0.25) is 9.10 Å². The maximum absolute atomic E-state index is 13.9. The lowest BCUT2D eigenvalue weighted by atomic mass is 10.2. The van der Waals surface area contributed by atoms with Crippen molar-refractivity contribution in [1.82, 2.24) is 0 Å². The van der Waals surface area contributed by atoms with E-state index in [1.807, 2.05) is 6.92 Å². The van der Waals surface area contributed by atoms with Crippen molar-refractivity contribution in [2.75, 3.05) is 16.2 Å². The predicted octanol–water partition coefficient (Wildman–Crippen LogP) is 4.60. The molecule has 1 aliphatic heterocycles. The number of fused-ring (bicyclic) bond motifs is 1. The van der Waals surface area contributed by atoms with Crippen molar-refractivity contribution in [3.05, 3.63) is 78.6 Å². The van der Waals surface area contributed by atoms with Crippen LogP contribution in [0, 0.1) is 5.82 Å². The molecule has 3 aromatic carbocycles. The number of hydrogen-bond donors (Lipinski definition) is 1. The molecule has 2 atom stereocenters. The lowest BCUT2D eigenvalue weighted by molar-refractivity contribution is -0.122. The molecule has 0 fully saturated rings. The van der Waals surface area contributed by atoms with Crippen molar-refractivity contribution >= 4 is 27.3 Å². The summed E-state index contributed by atoms with van der Waals surface area (Å²) in [6, 6.07) is 18.7. The van der Waals surface area contributed by atoms with Gasteiger partial charge in [0, 0.05) is 5.69 Å². The molecular formula is C25H25FN2O5S. The van der Waals surface area contributed by atoms with E-state index in [0.29, 0.717) is 23.5 Å². The van der Waals surface area contributed by atoms with Crippen LogP contribution in [0.3, 0.4) is 0 Å². The Morgan fingerprint density at radius 1 is 1.12 bits per heavy atom. The van der Waals surface area contributed by atoms with Crippen molar-refractivity contribution in [3.63, 3.8) is 0 Å². The number of rotatable bonds is 7. The van der Waals surface area contributed by atoms with Crippen molar-refractivity contribution in [2.24, 2.45) is 0 Å². The average Bonchev–Trinajstić information content (AvgIpc) is 2.83. The summed E-state index contributed by atoms with van der Waals surface area (Å²) in [6.45, 7) is 3.75. The van der Waals surface area contributed by atoms with E-state index < -0.39 is 27.9 Å². The topological polar surface area (TPSA) is 84.9 Å². The van der Waals surface area contributed by atoms with E-state index in [1.165, 1.54) is 46.8 Å². The number of para-hydroxylation sites is 3. The van der Waals surface area contributed by atoms with Gasteiger partial charge in [0.25, 0.3) is 15.9 Å². The molecule has 0 saturated heterocycles. The highest BCUT2D eigenvalue weighted by Crippen LogP contribution is 2.36. The molecular weight excluding hydrogens is 459 g/mol. The third kappa shape index (κ3) is 4.84. The molecule has 0 unspecified atom stereocenters. The minimum Gasteiger partial charge on any atom is -0.487 e. The van der Waals surface area contributed by atoms with Crippen LogP contribution in [0.2, 0.25) is 0 Å². The molecule has 1 aliphatic rings. The number of nitrogens with zero attached hydrogens (tertiary/aromatic N) is 1. The van der Waals surface area contributed by atoms with E-state index in [2.05, 4.69) is 5.32 Å². The van der Waals surface area contributed by atoms with Gasteiger partial charge < -0.3 is 14.8 Å². The lowest BCUT2D eigenvalue weighted by Gasteiger charge is -2.34. The summed E-state index contributed by atoms with van der Waals surface area (Å²) in [7, 11) is -3.85. The molecule has 4 rings (SSSR count). The van der Waals surface area contributed by atoms with E-state index in [4.69, 9.17) is 9.47 Å². The second-order valence-electron chi connectivity index (χ2n) is 7.89. The van der Waals surface area contributed by atoms with Gasteiger partial charge in [0.2, 0.25) is 0 Å². The van der Waals surface area contributed by atoms with Crippen LogP contribution < -0.4 is 19.1 Å². The molecule has 0 aromatic heterocycles. The number of halogens is 1. The Hall–Kier alpha value is -3.59. The van der Waals surface area contributed by atoms with Crippen molar-refractivity contribution in [2.45, 2.75) is 37.4 Å². The standard InChI is InChI=1S/C25H25FN2O5S/c1-3-22(33-23-10-6-4-8-20(23)26)25(29)27-18-12-14-19(15-13-18)34(30,31)28-16-17(2)32-24-11-7-5-9-21(24)28/h4-15,17,22H,3,16H2,1-2H3,(H,27,29)/t17-,22+/m0/s1. The van der Waals surface area contributed by atoms with Gasteiger partial charge in [-0.1, -0.05) is 31.2 Å². The van der Waals surface area contributed by atoms with Gasteiger partial charge in [-0.2, -0.15) is 0 Å². The first-order chi connectivity index (χ1) is 16.3. The van der Waals surface area contributed by atoms with Crippen LogP contribution in [-0.2, 0) is 14.8 Å². The smallest absolute Gasteiger partial charge is 0.265 e. The summed E-state index contributed by atoms with van der Waals surface area (Å²) >= 11 is 0. The number of benzene rings is 3. The maximum atomic E-state index is 13.9. The number of hydrogen-bond acceptors (Lipinski definition) is 5. The molecule has 1 heterocycles. The van der Waals surface area contributed by atoms with Crippen LogP contribution >= 0.6 is 0 Å². The van der Waals surface area contributed by atoms with E-state index >= 15 is 0 Å². The zero-order chi connectivity index (χ0) is 24.3. The number of ether oxygens (including phenoxy) is 2. The highest BCUT2D eigenvalue weighted by Gasteiger charge is 2.32. The molecule has 0 saturated carbocycles. The van der Waals surface area contributed by atoms with Gasteiger partial charge in [0.1, 0.15) is 11.9 Å². The summed E-state index contributed by atoms with van der Waals surface area (Å²) in [4.78, 5) is 12.8. The SMILES string of the molecule is CC[C@@H](Oc1ccccc1F)C(=O)Nc1ccc(S(=O)(=O)N2C[C@H](C)Oc3ccccc32)cc1. The number of amides is 1. The van der Waals surface area contributed by atoms with Crippen molar-refractivity contribution < 1.29 is 27.1 Å². The Bertz CT molecular complexity index is 1280. The Balaban J connectivity index is 1.50. The zero-order valence-corrected chi connectivity index (χ0v) is 19.6. The summed E-state index contributed by atoms with van der Waals surface area (Å²) in [6.07, 6.45) is -0.892. The van der Waals surface area contributed by atoms with Crippen LogP contribution in [0.25, 0.3) is 0 Å². The van der Waals surface area contributed by atoms with Crippen LogP contribution in [-0.4, -0.2) is 33.1 Å². The molecule has 9 heteroatoms. The fourth-order valence-corrected chi connectivity index (χ4v) is 5.20. The van der Waals surface area contributed by atoms with Crippen LogP contribution in [0.1, 0.15) is 20.3 Å². The zero-order valence-electron chi connectivity index (χ0n) is 18.8. The highest BCUT2D eigenvalue weighted by atomic mass is 32.2. The lowest BCUT2D eigenvalue weighted by Crippen LogP contribution is -2.42. The third-order valence-electron chi connectivity index (χ3n) is 5.36. The molecule has 0 bridgehead atoms. The molecule has 0 radical (unpaired) electrons. The highest BCUT2D eigenvalue weighted by molar-refractivity contribution is 7.92. The number of carbonyl (C=O) groups is 1. The Morgan fingerprint density at radius 2 is 1.79 bits per heavy atom. The van der Waals surface area contributed by atoms with Gasteiger partial charge >= 0.3 is 0 Å². The van der Waals surface area contributed by atoms with Gasteiger partial charge in [0.15, 0.2) is 17.7 Å². The monoisotopic (exact) mass is 484 g/mol. The Morgan fingerprint density at radius 3 is 2.50 bits per heavy atom.